The van der Waals surface area contributed by atoms with Gasteiger partial charge in [0.2, 0.25) is 0 Å². The number of nitrogens with zero attached hydrogens (tertiary/aromatic N) is 1. The summed E-state index contributed by atoms with van der Waals surface area (Å²) in [6.07, 6.45) is -5.51. The summed E-state index contributed by atoms with van der Waals surface area (Å²) in [6.45, 7) is 0.655. The molecule has 0 aromatic carbocycles. The second-order valence-electron chi connectivity index (χ2n) is 2.59. The molecule has 2 N–H and O–H groups in total. The maximum atomic E-state index is 11.7. The van der Waals surface area contributed by atoms with Gasteiger partial charge in [0.25, 0.3) is 0 Å². The number of rotatable bonds is 1. The van der Waals surface area contributed by atoms with Crippen molar-refractivity contribution in [2.45, 2.75) is 18.5 Å². The lowest BCUT2D eigenvalue weighted by Gasteiger charge is -2.16. The monoisotopic (exact) mass is 296 g/mol. The zero-order chi connectivity index (χ0) is 9.35. The molecule has 7 heteroatoms. The molecule has 0 aromatic heterocycles. The molecule has 12 heavy (non-hydrogen) atoms. The number of halogens is 4. The molecule has 1 aliphatic rings. The summed E-state index contributed by atoms with van der Waals surface area (Å²) >= 11 is 1.92. The molecule has 1 fully saturated rings. The molecule has 3 nitrogen and oxygen atoms in total. The first-order valence-corrected chi connectivity index (χ1v) is 4.26. The quantitative estimate of drug-likeness (QED) is 0.577. The van der Waals surface area contributed by atoms with E-state index in [2.05, 4.69) is 4.74 Å². The minimum absolute atomic E-state index is 0.223. The fraction of sp³-hybridized carbons (Fsp3) is 1.00. The third kappa shape index (κ3) is 3.04. The summed E-state index contributed by atoms with van der Waals surface area (Å²) in [5.41, 5.74) is 5.41. The number of hydrogen-bond acceptors (Lipinski definition) is 3. The van der Waals surface area contributed by atoms with Crippen LogP contribution in [0.2, 0.25) is 0 Å². The van der Waals surface area contributed by atoms with E-state index in [9.17, 15) is 13.2 Å². The molecule has 0 amide bonds. The first-order chi connectivity index (χ1) is 5.38. The van der Waals surface area contributed by atoms with Crippen molar-refractivity contribution in [1.29, 1.82) is 0 Å². The summed E-state index contributed by atoms with van der Waals surface area (Å²) in [5.74, 6) is 0. The highest BCUT2D eigenvalue weighted by atomic mass is 127. The molecule has 0 saturated carbocycles. The highest BCUT2D eigenvalue weighted by Crippen LogP contribution is 2.24. The molecule has 1 rings (SSSR count). The summed E-state index contributed by atoms with van der Waals surface area (Å²) in [7, 11) is 0. The van der Waals surface area contributed by atoms with Crippen LogP contribution in [-0.4, -0.2) is 34.7 Å². The lowest BCUT2D eigenvalue weighted by molar-refractivity contribution is -0.341. The first-order valence-electron chi connectivity index (χ1n) is 3.29. The second-order valence-corrected chi connectivity index (χ2v) is 3.96. The fourth-order valence-electron chi connectivity index (χ4n) is 1.05. The van der Waals surface area contributed by atoms with Crippen LogP contribution >= 0.6 is 22.9 Å². The van der Waals surface area contributed by atoms with Crippen LogP contribution in [-0.2, 0) is 4.74 Å². The van der Waals surface area contributed by atoms with Crippen molar-refractivity contribution in [3.05, 3.63) is 0 Å². The van der Waals surface area contributed by atoms with Crippen molar-refractivity contribution >= 4 is 22.9 Å². The summed E-state index contributed by atoms with van der Waals surface area (Å²) in [4.78, 5) is 0. The van der Waals surface area contributed by atoms with Crippen LogP contribution in [0.25, 0.3) is 0 Å². The highest BCUT2D eigenvalue weighted by molar-refractivity contribution is 14.1. The van der Waals surface area contributed by atoms with Gasteiger partial charge in [0.15, 0.2) is 0 Å². The number of hydrogen-bond donors (Lipinski definition) is 1. The Hall–Kier alpha value is 0.400. The first kappa shape index (κ1) is 10.5. The standard InChI is InChI=1S/C5H8F3IN2O/c6-5(7,8)12-4-2-11(9)1-3(4)10/h3-4H,1-2,10H2. The van der Waals surface area contributed by atoms with Crippen molar-refractivity contribution in [1.82, 2.24) is 3.11 Å². The van der Waals surface area contributed by atoms with E-state index >= 15 is 0 Å². The SMILES string of the molecule is NC1CN(I)CC1OC(F)(F)F. The summed E-state index contributed by atoms with van der Waals surface area (Å²) in [6, 6.07) is -0.552. The lowest BCUT2D eigenvalue weighted by Crippen LogP contribution is -2.38. The van der Waals surface area contributed by atoms with Crippen LogP contribution in [0.3, 0.4) is 0 Å². The van der Waals surface area contributed by atoms with Crippen LogP contribution in [0, 0.1) is 0 Å². The van der Waals surface area contributed by atoms with Crippen LogP contribution in [0.15, 0.2) is 0 Å². The van der Waals surface area contributed by atoms with Gasteiger partial charge in [0.05, 0.1) is 6.10 Å². The van der Waals surface area contributed by atoms with Crippen molar-refractivity contribution in [3.8, 4) is 0 Å². The molecule has 2 unspecified atom stereocenters. The van der Waals surface area contributed by atoms with Gasteiger partial charge in [-0.2, -0.15) is 0 Å². The molecule has 1 saturated heterocycles. The van der Waals surface area contributed by atoms with E-state index in [1.807, 2.05) is 22.9 Å². The van der Waals surface area contributed by atoms with Crippen LogP contribution < -0.4 is 5.73 Å². The van der Waals surface area contributed by atoms with Gasteiger partial charge in [-0.25, -0.2) is 3.11 Å². The third-order valence-corrected chi connectivity index (χ3v) is 2.34. The fourth-order valence-corrected chi connectivity index (χ4v) is 1.89. The van der Waals surface area contributed by atoms with Gasteiger partial charge in [-0.1, -0.05) is 0 Å². The van der Waals surface area contributed by atoms with Gasteiger partial charge in [0.1, 0.15) is 0 Å². The van der Waals surface area contributed by atoms with E-state index in [0.29, 0.717) is 6.54 Å². The van der Waals surface area contributed by atoms with E-state index in [-0.39, 0.29) is 6.54 Å². The van der Waals surface area contributed by atoms with Gasteiger partial charge in [-0.15, -0.1) is 13.2 Å². The minimum Gasteiger partial charge on any atom is -0.324 e. The van der Waals surface area contributed by atoms with Crippen LogP contribution in [0.4, 0.5) is 13.2 Å². The number of alkyl halides is 3. The average molecular weight is 296 g/mol. The highest BCUT2D eigenvalue weighted by Gasteiger charge is 2.40. The molecule has 0 spiro atoms. The zero-order valence-corrected chi connectivity index (χ0v) is 8.17. The Morgan fingerprint density at radius 1 is 1.42 bits per heavy atom. The van der Waals surface area contributed by atoms with Crippen molar-refractivity contribution in [2.75, 3.05) is 13.1 Å². The van der Waals surface area contributed by atoms with Crippen molar-refractivity contribution in [3.63, 3.8) is 0 Å². The molecular formula is C5H8F3IN2O. The van der Waals surface area contributed by atoms with Crippen LogP contribution in [0.1, 0.15) is 0 Å². The Morgan fingerprint density at radius 3 is 2.33 bits per heavy atom. The van der Waals surface area contributed by atoms with E-state index in [0.717, 1.165) is 0 Å². The van der Waals surface area contributed by atoms with Gasteiger partial charge in [-0.05, 0) is 0 Å². The van der Waals surface area contributed by atoms with Gasteiger partial charge in [-0.3, -0.25) is 4.74 Å². The predicted octanol–water partition coefficient (Wildman–Crippen LogP) is 0.884. The van der Waals surface area contributed by atoms with Gasteiger partial charge >= 0.3 is 6.36 Å². The van der Waals surface area contributed by atoms with E-state index in [1.54, 1.807) is 3.11 Å². The minimum atomic E-state index is -4.58. The van der Waals surface area contributed by atoms with E-state index in [4.69, 9.17) is 5.73 Å². The largest absolute Gasteiger partial charge is 0.522 e. The van der Waals surface area contributed by atoms with Crippen LogP contribution in [0.5, 0.6) is 0 Å². The van der Waals surface area contributed by atoms with Gasteiger partial charge in [0, 0.05) is 42.0 Å². The maximum absolute atomic E-state index is 11.7. The lowest BCUT2D eigenvalue weighted by atomic mass is 10.2. The Labute approximate surface area is 81.5 Å². The maximum Gasteiger partial charge on any atom is 0.522 e. The van der Waals surface area contributed by atoms with Crippen molar-refractivity contribution < 1.29 is 17.9 Å². The number of ether oxygens (including phenoxy) is 1. The predicted molar refractivity (Wildman–Crippen MR) is 44.5 cm³/mol. The summed E-state index contributed by atoms with van der Waals surface area (Å²) in [5, 5.41) is 0. The zero-order valence-electron chi connectivity index (χ0n) is 6.01. The smallest absolute Gasteiger partial charge is 0.324 e. The topological polar surface area (TPSA) is 38.5 Å². The molecule has 0 aromatic rings. The Bertz CT molecular complexity index is 165. The molecule has 0 bridgehead atoms. The van der Waals surface area contributed by atoms with E-state index in [1.165, 1.54) is 0 Å². The molecule has 0 aliphatic carbocycles. The Balaban J connectivity index is 2.43. The number of nitrogens with two attached hydrogens (primary N) is 1. The molecule has 72 valence electrons. The summed E-state index contributed by atoms with van der Waals surface area (Å²) < 4.78 is 40.6. The third-order valence-electron chi connectivity index (χ3n) is 1.55. The van der Waals surface area contributed by atoms with E-state index < -0.39 is 18.5 Å². The van der Waals surface area contributed by atoms with Gasteiger partial charge < -0.3 is 5.73 Å². The molecule has 2 atom stereocenters. The average Bonchev–Trinajstić information content (AvgIpc) is 2.06. The Kier molecular flexibility index (Phi) is 3.18. The van der Waals surface area contributed by atoms with Crippen molar-refractivity contribution in [2.24, 2.45) is 5.73 Å². The molecule has 1 aliphatic heterocycles. The second kappa shape index (κ2) is 3.64. The molecular weight excluding hydrogens is 288 g/mol. The normalized spacial score (nSPS) is 32.8. The Morgan fingerprint density at radius 2 is 2.00 bits per heavy atom. The molecule has 1 heterocycles. The molecule has 0 radical (unpaired) electrons.